The van der Waals surface area contributed by atoms with E-state index in [1.807, 2.05) is 30.3 Å². The van der Waals surface area contributed by atoms with Crippen molar-refractivity contribution in [2.24, 2.45) is 0 Å². The molecule has 126 valence electrons. The van der Waals surface area contributed by atoms with Gasteiger partial charge in [-0.05, 0) is 0 Å². The van der Waals surface area contributed by atoms with E-state index in [0.29, 0.717) is 11.5 Å². The SMILES string of the molecule is O=C(Nc1cnc(-c2ccccc2)nc1)c1nc(Cl)c(Cl)c(Cl)c1Cl. The maximum atomic E-state index is 12.3. The molecule has 0 spiro atoms. The maximum absolute atomic E-state index is 12.3. The molecule has 0 aliphatic carbocycles. The molecular formula is C16H8Cl4N4O. The third kappa shape index (κ3) is 3.85. The van der Waals surface area contributed by atoms with Crippen LogP contribution in [0.5, 0.6) is 0 Å². The summed E-state index contributed by atoms with van der Waals surface area (Å²) >= 11 is 23.6. The van der Waals surface area contributed by atoms with Gasteiger partial charge in [-0.15, -0.1) is 0 Å². The van der Waals surface area contributed by atoms with Gasteiger partial charge < -0.3 is 5.32 Å². The van der Waals surface area contributed by atoms with E-state index in [1.54, 1.807) is 0 Å². The lowest BCUT2D eigenvalue weighted by atomic mass is 10.2. The van der Waals surface area contributed by atoms with Gasteiger partial charge in [-0.1, -0.05) is 76.7 Å². The molecule has 9 heteroatoms. The van der Waals surface area contributed by atoms with Crippen LogP contribution >= 0.6 is 46.4 Å². The quantitative estimate of drug-likeness (QED) is 0.583. The summed E-state index contributed by atoms with van der Waals surface area (Å²) in [6, 6.07) is 9.44. The lowest BCUT2D eigenvalue weighted by Gasteiger charge is -2.09. The van der Waals surface area contributed by atoms with Crippen LogP contribution in [0.25, 0.3) is 11.4 Å². The van der Waals surface area contributed by atoms with Gasteiger partial charge >= 0.3 is 0 Å². The summed E-state index contributed by atoms with van der Waals surface area (Å²) < 4.78 is 0. The zero-order chi connectivity index (χ0) is 18.0. The lowest BCUT2D eigenvalue weighted by Crippen LogP contribution is -2.15. The largest absolute Gasteiger partial charge is 0.318 e. The number of carbonyl (C=O) groups excluding carboxylic acids is 1. The Labute approximate surface area is 162 Å². The van der Waals surface area contributed by atoms with E-state index in [-0.39, 0.29) is 25.9 Å². The number of hydrogen-bond acceptors (Lipinski definition) is 4. The molecule has 25 heavy (non-hydrogen) atoms. The molecule has 3 rings (SSSR count). The molecule has 0 bridgehead atoms. The first-order chi connectivity index (χ1) is 12.0. The van der Waals surface area contributed by atoms with Crippen LogP contribution in [-0.2, 0) is 0 Å². The Kier molecular flexibility index (Phi) is 5.39. The summed E-state index contributed by atoms with van der Waals surface area (Å²) in [5, 5.41) is 2.33. The van der Waals surface area contributed by atoms with Crippen LogP contribution in [0.4, 0.5) is 5.69 Å². The molecule has 0 saturated carbocycles. The first-order valence-corrected chi connectivity index (χ1v) is 8.37. The lowest BCUT2D eigenvalue weighted by molar-refractivity contribution is 0.102. The Bertz CT molecular complexity index is 933. The molecule has 0 aliphatic rings. The average molecular weight is 414 g/mol. The van der Waals surface area contributed by atoms with E-state index < -0.39 is 5.91 Å². The minimum absolute atomic E-state index is 0.0135. The van der Waals surface area contributed by atoms with E-state index in [2.05, 4.69) is 20.3 Å². The minimum Gasteiger partial charge on any atom is -0.318 e. The van der Waals surface area contributed by atoms with E-state index in [0.717, 1.165) is 5.56 Å². The Morgan fingerprint density at radius 1 is 0.880 bits per heavy atom. The summed E-state index contributed by atoms with van der Waals surface area (Å²) in [5.74, 6) is -0.0751. The molecule has 0 unspecified atom stereocenters. The molecule has 5 nitrogen and oxygen atoms in total. The summed E-state index contributed by atoms with van der Waals surface area (Å²) in [6.45, 7) is 0. The minimum atomic E-state index is -0.610. The highest BCUT2D eigenvalue weighted by molar-refractivity contribution is 6.52. The van der Waals surface area contributed by atoms with Crippen molar-refractivity contribution in [2.45, 2.75) is 0 Å². The number of carbonyl (C=O) groups is 1. The van der Waals surface area contributed by atoms with E-state index in [4.69, 9.17) is 46.4 Å². The van der Waals surface area contributed by atoms with Gasteiger partial charge in [0.2, 0.25) is 0 Å². The number of aromatic nitrogens is 3. The molecule has 0 atom stereocenters. The fourth-order valence-corrected chi connectivity index (χ4v) is 2.77. The van der Waals surface area contributed by atoms with Crippen molar-refractivity contribution in [1.29, 1.82) is 0 Å². The van der Waals surface area contributed by atoms with Gasteiger partial charge in [-0.3, -0.25) is 4.79 Å². The number of anilines is 1. The molecule has 1 N–H and O–H groups in total. The monoisotopic (exact) mass is 412 g/mol. The summed E-state index contributed by atoms with van der Waals surface area (Å²) in [6.07, 6.45) is 2.94. The van der Waals surface area contributed by atoms with Gasteiger partial charge in [0.25, 0.3) is 5.91 Å². The van der Waals surface area contributed by atoms with Crippen LogP contribution in [0.2, 0.25) is 20.2 Å². The number of halogens is 4. The zero-order valence-corrected chi connectivity index (χ0v) is 15.3. The summed E-state index contributed by atoms with van der Waals surface area (Å²) in [4.78, 5) is 24.6. The number of pyridine rings is 1. The Morgan fingerprint density at radius 2 is 1.52 bits per heavy atom. The van der Waals surface area contributed by atoms with Crippen molar-refractivity contribution in [2.75, 3.05) is 5.32 Å². The zero-order valence-electron chi connectivity index (χ0n) is 12.3. The van der Waals surface area contributed by atoms with Gasteiger partial charge in [-0.25, -0.2) is 15.0 Å². The van der Waals surface area contributed by atoms with Crippen LogP contribution in [0.1, 0.15) is 10.5 Å². The van der Waals surface area contributed by atoms with E-state index in [9.17, 15) is 4.79 Å². The average Bonchev–Trinajstić information content (AvgIpc) is 2.64. The molecule has 3 aromatic rings. The third-order valence-corrected chi connectivity index (χ3v) is 4.82. The van der Waals surface area contributed by atoms with Crippen molar-refractivity contribution < 1.29 is 4.79 Å². The Hall–Kier alpha value is -1.92. The number of nitrogens with zero attached hydrogens (tertiary/aromatic N) is 3. The van der Waals surface area contributed by atoms with Gasteiger partial charge in [0, 0.05) is 5.56 Å². The number of amides is 1. The second-order valence-corrected chi connectivity index (χ2v) is 6.30. The fourth-order valence-electron chi connectivity index (χ4n) is 1.96. The molecular weight excluding hydrogens is 406 g/mol. The first-order valence-electron chi connectivity index (χ1n) is 6.86. The number of hydrogen-bond donors (Lipinski definition) is 1. The highest BCUT2D eigenvalue weighted by atomic mass is 35.5. The topological polar surface area (TPSA) is 67.8 Å². The van der Waals surface area contributed by atoms with Crippen LogP contribution in [0, 0.1) is 0 Å². The predicted octanol–water partition coefficient (Wildman–Crippen LogP) is 5.40. The fraction of sp³-hybridized carbons (Fsp3) is 0. The molecule has 0 saturated heterocycles. The highest BCUT2D eigenvalue weighted by Gasteiger charge is 2.20. The standard InChI is InChI=1S/C16H8Cl4N4O/c17-10-11(18)13(24-14(20)12(10)19)16(25)23-9-6-21-15(22-7-9)8-4-2-1-3-5-8/h1-7H,(H,23,25). The third-order valence-electron chi connectivity index (χ3n) is 3.14. The van der Waals surface area contributed by atoms with Crippen LogP contribution in [0.3, 0.4) is 0 Å². The van der Waals surface area contributed by atoms with E-state index >= 15 is 0 Å². The first kappa shape index (κ1) is 17.9. The summed E-state index contributed by atoms with van der Waals surface area (Å²) in [7, 11) is 0. The van der Waals surface area contributed by atoms with Crippen molar-refractivity contribution in [3.63, 3.8) is 0 Å². The normalized spacial score (nSPS) is 10.6. The van der Waals surface area contributed by atoms with Crippen LogP contribution in [-0.4, -0.2) is 20.9 Å². The number of benzene rings is 1. The molecule has 2 aromatic heterocycles. The Morgan fingerprint density at radius 3 is 2.16 bits per heavy atom. The highest BCUT2D eigenvalue weighted by Crippen LogP contribution is 2.36. The second-order valence-electron chi connectivity index (χ2n) is 4.81. The second kappa shape index (κ2) is 7.54. The van der Waals surface area contributed by atoms with Crippen LogP contribution < -0.4 is 5.32 Å². The number of rotatable bonds is 3. The van der Waals surface area contributed by atoms with Gasteiger partial charge in [0.15, 0.2) is 5.82 Å². The maximum Gasteiger partial charge on any atom is 0.276 e. The molecule has 0 aliphatic heterocycles. The number of nitrogens with one attached hydrogen (secondary N) is 1. The van der Waals surface area contributed by atoms with Gasteiger partial charge in [0.1, 0.15) is 10.8 Å². The molecule has 2 heterocycles. The molecule has 1 aromatic carbocycles. The van der Waals surface area contributed by atoms with Crippen molar-refractivity contribution >= 4 is 58.0 Å². The molecule has 1 amide bonds. The predicted molar refractivity (Wildman–Crippen MR) is 99.7 cm³/mol. The Balaban J connectivity index is 1.82. The van der Waals surface area contributed by atoms with Crippen molar-refractivity contribution in [3.05, 3.63) is 68.6 Å². The van der Waals surface area contributed by atoms with E-state index in [1.165, 1.54) is 12.4 Å². The molecule has 0 fully saturated rings. The molecule has 0 radical (unpaired) electrons. The summed E-state index contributed by atoms with van der Waals surface area (Å²) in [5.41, 5.74) is 1.08. The van der Waals surface area contributed by atoms with Gasteiger partial charge in [0.05, 0.1) is 33.1 Å². The van der Waals surface area contributed by atoms with Crippen molar-refractivity contribution in [3.8, 4) is 11.4 Å². The smallest absolute Gasteiger partial charge is 0.276 e. The van der Waals surface area contributed by atoms with Crippen LogP contribution in [0.15, 0.2) is 42.7 Å². The van der Waals surface area contributed by atoms with Gasteiger partial charge in [-0.2, -0.15) is 0 Å². The van der Waals surface area contributed by atoms with Crippen molar-refractivity contribution in [1.82, 2.24) is 15.0 Å².